The number of halogens is 2. The number of hydrogen-bond donors (Lipinski definition) is 0. The van der Waals surface area contributed by atoms with E-state index in [1.54, 1.807) is 12.1 Å². The summed E-state index contributed by atoms with van der Waals surface area (Å²) in [6.07, 6.45) is 1.71. The van der Waals surface area contributed by atoms with Crippen molar-refractivity contribution in [2.45, 2.75) is 22.6 Å². The SMILES string of the molecule is COc1cc2c(cc1S(=O)(=O)c1ccc(N3CCN(c4ccc(Cl)c(Cl)c4)CC3)cc1)CCN(C)CC2. The van der Waals surface area contributed by atoms with E-state index in [-0.39, 0.29) is 9.79 Å². The number of anilines is 2. The Balaban J connectivity index is 1.33. The highest BCUT2D eigenvalue weighted by Gasteiger charge is 2.26. The van der Waals surface area contributed by atoms with Crippen LogP contribution in [0.25, 0.3) is 0 Å². The maximum atomic E-state index is 13.7. The van der Waals surface area contributed by atoms with Crippen LogP contribution in [0.3, 0.4) is 0 Å². The van der Waals surface area contributed by atoms with Crippen molar-refractivity contribution in [1.82, 2.24) is 4.90 Å². The lowest BCUT2D eigenvalue weighted by atomic mass is 10.0. The molecule has 0 aromatic heterocycles. The zero-order valence-electron chi connectivity index (χ0n) is 21.1. The monoisotopic (exact) mass is 559 g/mol. The van der Waals surface area contributed by atoms with E-state index in [1.807, 2.05) is 42.5 Å². The van der Waals surface area contributed by atoms with Crippen LogP contribution in [-0.2, 0) is 22.7 Å². The van der Waals surface area contributed by atoms with Crippen LogP contribution in [0.1, 0.15) is 11.1 Å². The molecule has 9 heteroatoms. The van der Waals surface area contributed by atoms with Gasteiger partial charge in [0.05, 0.1) is 22.1 Å². The van der Waals surface area contributed by atoms with E-state index in [0.29, 0.717) is 15.8 Å². The Kier molecular flexibility index (Phi) is 7.59. The van der Waals surface area contributed by atoms with Crippen molar-refractivity contribution in [2.24, 2.45) is 0 Å². The maximum absolute atomic E-state index is 13.7. The molecule has 0 radical (unpaired) electrons. The summed E-state index contributed by atoms with van der Waals surface area (Å²) in [5.41, 5.74) is 4.30. The smallest absolute Gasteiger partial charge is 0.210 e. The molecular formula is C28H31Cl2N3O3S. The fourth-order valence-corrected chi connectivity index (χ4v) is 6.83. The molecule has 2 heterocycles. The van der Waals surface area contributed by atoms with Crippen LogP contribution in [0.5, 0.6) is 5.75 Å². The Morgan fingerprint density at radius 3 is 1.89 bits per heavy atom. The number of ether oxygens (including phenoxy) is 1. The second-order valence-electron chi connectivity index (χ2n) is 9.64. The molecule has 0 amide bonds. The van der Waals surface area contributed by atoms with Gasteiger partial charge in [-0.05, 0) is 85.6 Å². The lowest BCUT2D eigenvalue weighted by molar-refractivity contribution is 0.352. The van der Waals surface area contributed by atoms with Gasteiger partial charge < -0.3 is 19.4 Å². The fourth-order valence-electron chi connectivity index (χ4n) is 5.08. The quantitative estimate of drug-likeness (QED) is 0.428. The van der Waals surface area contributed by atoms with Gasteiger partial charge in [0.15, 0.2) is 0 Å². The molecule has 0 atom stereocenters. The standard InChI is InChI=1S/C28H31Cl2N3O3S/c1-31-11-9-20-17-27(36-2)28(18-21(20)10-12-31)37(34,35)24-6-3-22(4-7-24)32-13-15-33(16-14-32)23-5-8-25(29)26(30)19-23/h3-8,17-19H,9-16H2,1-2H3. The lowest BCUT2D eigenvalue weighted by Crippen LogP contribution is -2.46. The van der Waals surface area contributed by atoms with Crippen LogP contribution in [0, 0.1) is 0 Å². The van der Waals surface area contributed by atoms with Crippen LogP contribution in [0.2, 0.25) is 10.0 Å². The topological polar surface area (TPSA) is 53.1 Å². The Hall–Kier alpha value is -2.45. The first kappa shape index (κ1) is 26.2. The first-order valence-corrected chi connectivity index (χ1v) is 14.7. The molecule has 0 N–H and O–H groups in total. The van der Waals surface area contributed by atoms with Gasteiger partial charge in [-0.2, -0.15) is 0 Å². The van der Waals surface area contributed by atoms with E-state index in [9.17, 15) is 8.42 Å². The van der Waals surface area contributed by atoms with Gasteiger partial charge in [-0.15, -0.1) is 0 Å². The highest BCUT2D eigenvalue weighted by molar-refractivity contribution is 7.91. The molecule has 0 bridgehead atoms. The van der Waals surface area contributed by atoms with Crippen LogP contribution < -0.4 is 14.5 Å². The summed E-state index contributed by atoms with van der Waals surface area (Å²) < 4.78 is 32.9. The molecule has 0 unspecified atom stereocenters. The number of sulfone groups is 1. The van der Waals surface area contributed by atoms with Crippen LogP contribution in [0.4, 0.5) is 11.4 Å². The molecule has 37 heavy (non-hydrogen) atoms. The number of nitrogens with zero attached hydrogens (tertiary/aromatic N) is 3. The van der Waals surface area contributed by atoms with Crippen LogP contribution >= 0.6 is 23.2 Å². The minimum absolute atomic E-state index is 0.237. The van der Waals surface area contributed by atoms with Gasteiger partial charge in [0.1, 0.15) is 10.6 Å². The molecule has 5 rings (SSSR count). The zero-order chi connectivity index (χ0) is 26.2. The predicted molar refractivity (Wildman–Crippen MR) is 151 cm³/mol. The van der Waals surface area contributed by atoms with E-state index >= 15 is 0 Å². The Morgan fingerprint density at radius 2 is 1.30 bits per heavy atom. The predicted octanol–water partition coefficient (Wildman–Crippen LogP) is 5.19. The molecular weight excluding hydrogens is 529 g/mol. The van der Waals surface area contributed by atoms with E-state index < -0.39 is 9.84 Å². The molecule has 1 fully saturated rings. The Labute approximate surface area is 229 Å². The van der Waals surface area contributed by atoms with Gasteiger partial charge in [-0.3, -0.25) is 0 Å². The number of likely N-dealkylation sites (N-methyl/N-ethyl adjacent to an activating group) is 1. The second-order valence-corrected chi connectivity index (χ2v) is 12.4. The summed E-state index contributed by atoms with van der Waals surface area (Å²) in [6, 6.07) is 16.6. The summed E-state index contributed by atoms with van der Waals surface area (Å²) >= 11 is 12.2. The summed E-state index contributed by atoms with van der Waals surface area (Å²) in [6.45, 7) is 5.16. The van der Waals surface area contributed by atoms with Gasteiger partial charge in [-0.1, -0.05) is 23.2 Å². The lowest BCUT2D eigenvalue weighted by Gasteiger charge is -2.37. The Bertz CT molecular complexity index is 1390. The molecule has 0 aliphatic carbocycles. The molecule has 6 nitrogen and oxygen atoms in total. The van der Waals surface area contributed by atoms with E-state index in [1.165, 1.54) is 7.11 Å². The van der Waals surface area contributed by atoms with Crippen molar-refractivity contribution < 1.29 is 13.2 Å². The summed E-state index contributed by atoms with van der Waals surface area (Å²) in [7, 11) is -0.104. The number of hydrogen-bond acceptors (Lipinski definition) is 6. The van der Waals surface area contributed by atoms with Gasteiger partial charge in [-0.25, -0.2) is 8.42 Å². The highest BCUT2D eigenvalue weighted by atomic mass is 35.5. The normalized spacial score (nSPS) is 16.9. The minimum Gasteiger partial charge on any atom is -0.495 e. The maximum Gasteiger partial charge on any atom is 0.210 e. The third kappa shape index (κ3) is 5.41. The van der Waals surface area contributed by atoms with Crippen molar-refractivity contribution in [1.29, 1.82) is 0 Å². The van der Waals surface area contributed by atoms with Gasteiger partial charge in [0.25, 0.3) is 0 Å². The van der Waals surface area contributed by atoms with Crippen molar-refractivity contribution >= 4 is 44.4 Å². The number of rotatable bonds is 5. The summed E-state index contributed by atoms with van der Waals surface area (Å²) in [5.74, 6) is 0.408. The van der Waals surface area contributed by atoms with Crippen molar-refractivity contribution in [3.05, 3.63) is 75.8 Å². The first-order chi connectivity index (χ1) is 17.8. The van der Waals surface area contributed by atoms with Crippen molar-refractivity contribution in [3.8, 4) is 5.75 Å². The third-order valence-electron chi connectivity index (χ3n) is 7.36. The largest absolute Gasteiger partial charge is 0.495 e. The molecule has 0 saturated carbocycles. The average molecular weight is 561 g/mol. The van der Waals surface area contributed by atoms with Crippen LogP contribution in [0.15, 0.2) is 64.4 Å². The first-order valence-electron chi connectivity index (χ1n) is 12.4. The zero-order valence-corrected chi connectivity index (χ0v) is 23.4. The fraction of sp³-hybridized carbons (Fsp3) is 0.357. The average Bonchev–Trinajstić information content (AvgIpc) is 3.10. The van der Waals surface area contributed by atoms with Gasteiger partial charge in [0, 0.05) is 50.6 Å². The molecule has 1 saturated heterocycles. The summed E-state index contributed by atoms with van der Waals surface area (Å²) in [5, 5.41) is 1.10. The molecule has 0 spiro atoms. The van der Waals surface area contributed by atoms with E-state index in [0.717, 1.165) is 74.6 Å². The molecule has 2 aliphatic heterocycles. The molecule has 3 aromatic carbocycles. The van der Waals surface area contributed by atoms with Gasteiger partial charge in [0.2, 0.25) is 9.84 Å². The highest BCUT2D eigenvalue weighted by Crippen LogP contribution is 2.34. The second kappa shape index (κ2) is 10.7. The number of fused-ring (bicyclic) bond motifs is 1. The van der Waals surface area contributed by atoms with Crippen LogP contribution in [-0.4, -0.2) is 66.7 Å². The van der Waals surface area contributed by atoms with Crippen molar-refractivity contribution in [2.75, 3.05) is 63.2 Å². The number of methoxy groups -OCH3 is 1. The molecule has 196 valence electrons. The third-order valence-corrected chi connectivity index (χ3v) is 9.89. The van der Waals surface area contributed by atoms with E-state index in [2.05, 4.69) is 21.7 Å². The summed E-state index contributed by atoms with van der Waals surface area (Å²) in [4.78, 5) is 7.32. The Morgan fingerprint density at radius 1 is 0.730 bits per heavy atom. The molecule has 2 aliphatic rings. The number of piperazine rings is 1. The number of benzene rings is 3. The van der Waals surface area contributed by atoms with Crippen molar-refractivity contribution in [3.63, 3.8) is 0 Å². The van der Waals surface area contributed by atoms with E-state index in [4.69, 9.17) is 27.9 Å². The minimum atomic E-state index is -3.73. The van der Waals surface area contributed by atoms with Gasteiger partial charge >= 0.3 is 0 Å². The molecule has 3 aromatic rings.